The first-order valence-electron chi connectivity index (χ1n) is 10.5. The van der Waals surface area contributed by atoms with Crippen LogP contribution in [-0.4, -0.2) is 46.8 Å². The van der Waals surface area contributed by atoms with E-state index in [0.717, 1.165) is 55.4 Å². The Kier molecular flexibility index (Phi) is 6.04. The van der Waals surface area contributed by atoms with E-state index in [4.69, 9.17) is 9.47 Å². The van der Waals surface area contributed by atoms with Crippen LogP contribution in [0.3, 0.4) is 0 Å². The summed E-state index contributed by atoms with van der Waals surface area (Å²) < 4.78 is 13.0. The van der Waals surface area contributed by atoms with E-state index < -0.39 is 0 Å². The summed E-state index contributed by atoms with van der Waals surface area (Å²) >= 11 is 0. The maximum atomic E-state index is 12.4. The number of carbonyl (C=O) groups is 1. The number of ether oxygens (including phenoxy) is 2. The molecular formula is C22H30N4O3. The molecule has 156 valence electrons. The number of rotatable bonds is 7. The minimum Gasteiger partial charge on any atom is -0.454 e. The topological polar surface area (TPSA) is 68.6 Å². The Morgan fingerprint density at radius 3 is 2.83 bits per heavy atom. The zero-order chi connectivity index (χ0) is 20.2. The number of imidazole rings is 1. The molecule has 0 spiro atoms. The third-order valence-electron chi connectivity index (χ3n) is 5.72. The van der Waals surface area contributed by atoms with E-state index in [1.165, 1.54) is 0 Å². The Bertz CT molecular complexity index is 840. The SMILES string of the molecule is CC(C)c1nccn1CC1CCN(CC(=O)NCc2ccc3c(c2)OCO3)CC1. The Morgan fingerprint density at radius 2 is 2.03 bits per heavy atom. The second-order valence-electron chi connectivity index (χ2n) is 8.28. The van der Waals surface area contributed by atoms with Gasteiger partial charge in [0.1, 0.15) is 5.82 Å². The molecule has 3 heterocycles. The van der Waals surface area contributed by atoms with Gasteiger partial charge in [0, 0.05) is 31.4 Å². The molecule has 1 amide bonds. The lowest BCUT2D eigenvalue weighted by Crippen LogP contribution is -2.41. The average molecular weight is 399 g/mol. The van der Waals surface area contributed by atoms with Crippen molar-refractivity contribution in [2.24, 2.45) is 5.92 Å². The van der Waals surface area contributed by atoms with Crippen molar-refractivity contribution in [1.82, 2.24) is 19.8 Å². The minimum absolute atomic E-state index is 0.0674. The summed E-state index contributed by atoms with van der Waals surface area (Å²) in [6.07, 6.45) is 6.22. The Morgan fingerprint density at radius 1 is 1.24 bits per heavy atom. The number of hydrogen-bond donors (Lipinski definition) is 1. The Labute approximate surface area is 172 Å². The van der Waals surface area contributed by atoms with Crippen LogP contribution in [0.15, 0.2) is 30.6 Å². The number of benzene rings is 1. The quantitative estimate of drug-likeness (QED) is 0.777. The Hall–Kier alpha value is -2.54. The maximum absolute atomic E-state index is 12.4. The van der Waals surface area contributed by atoms with Crippen LogP contribution < -0.4 is 14.8 Å². The monoisotopic (exact) mass is 398 g/mol. The fraction of sp³-hybridized carbons (Fsp3) is 0.545. The molecule has 0 bridgehead atoms. The van der Waals surface area contributed by atoms with Crippen molar-refractivity contribution >= 4 is 5.91 Å². The van der Waals surface area contributed by atoms with E-state index in [2.05, 4.69) is 39.8 Å². The molecule has 0 saturated carbocycles. The maximum Gasteiger partial charge on any atom is 0.234 e. The van der Waals surface area contributed by atoms with Gasteiger partial charge in [0.2, 0.25) is 12.7 Å². The molecule has 2 aliphatic heterocycles. The molecule has 29 heavy (non-hydrogen) atoms. The highest BCUT2D eigenvalue weighted by Crippen LogP contribution is 2.32. The zero-order valence-corrected chi connectivity index (χ0v) is 17.3. The normalized spacial score (nSPS) is 17.1. The van der Waals surface area contributed by atoms with Gasteiger partial charge in [-0.1, -0.05) is 19.9 Å². The van der Waals surface area contributed by atoms with E-state index in [0.29, 0.717) is 24.9 Å². The first kappa shape index (κ1) is 19.8. The van der Waals surface area contributed by atoms with Gasteiger partial charge in [-0.25, -0.2) is 4.98 Å². The molecule has 0 radical (unpaired) electrons. The lowest BCUT2D eigenvalue weighted by molar-refractivity contribution is -0.122. The fourth-order valence-electron chi connectivity index (χ4n) is 4.09. The molecule has 1 N–H and O–H groups in total. The third-order valence-corrected chi connectivity index (χ3v) is 5.72. The average Bonchev–Trinajstić information content (AvgIpc) is 3.36. The lowest BCUT2D eigenvalue weighted by Gasteiger charge is -2.32. The third kappa shape index (κ3) is 4.90. The largest absolute Gasteiger partial charge is 0.454 e. The van der Waals surface area contributed by atoms with Gasteiger partial charge in [-0.05, 0) is 49.5 Å². The molecule has 7 nitrogen and oxygen atoms in total. The van der Waals surface area contributed by atoms with Gasteiger partial charge >= 0.3 is 0 Å². The van der Waals surface area contributed by atoms with Crippen LogP contribution in [0.2, 0.25) is 0 Å². The number of nitrogens with one attached hydrogen (secondary N) is 1. The van der Waals surface area contributed by atoms with Gasteiger partial charge in [-0.3, -0.25) is 9.69 Å². The molecule has 4 rings (SSSR count). The fourth-order valence-corrected chi connectivity index (χ4v) is 4.09. The van der Waals surface area contributed by atoms with Gasteiger partial charge in [0.25, 0.3) is 0 Å². The number of piperidine rings is 1. The van der Waals surface area contributed by atoms with Gasteiger partial charge in [-0.2, -0.15) is 0 Å². The molecular weight excluding hydrogens is 368 g/mol. The van der Waals surface area contributed by atoms with Crippen LogP contribution >= 0.6 is 0 Å². The van der Waals surface area contributed by atoms with Crippen molar-refractivity contribution < 1.29 is 14.3 Å². The van der Waals surface area contributed by atoms with Crippen molar-refractivity contribution in [3.05, 3.63) is 42.0 Å². The first-order chi connectivity index (χ1) is 14.1. The number of carbonyl (C=O) groups excluding carboxylic acids is 1. The van der Waals surface area contributed by atoms with E-state index >= 15 is 0 Å². The molecule has 1 saturated heterocycles. The number of amides is 1. The van der Waals surface area contributed by atoms with Gasteiger partial charge < -0.3 is 19.4 Å². The molecule has 1 aromatic heterocycles. The highest BCUT2D eigenvalue weighted by atomic mass is 16.7. The number of nitrogens with zero attached hydrogens (tertiary/aromatic N) is 3. The van der Waals surface area contributed by atoms with Crippen LogP contribution in [-0.2, 0) is 17.9 Å². The molecule has 2 aromatic rings. The summed E-state index contributed by atoms with van der Waals surface area (Å²) in [5.41, 5.74) is 1.02. The van der Waals surface area contributed by atoms with E-state index in [9.17, 15) is 4.79 Å². The van der Waals surface area contributed by atoms with E-state index in [1.54, 1.807) is 0 Å². The smallest absolute Gasteiger partial charge is 0.234 e. The Balaban J connectivity index is 1.19. The van der Waals surface area contributed by atoms with E-state index in [1.807, 2.05) is 24.4 Å². The molecule has 0 unspecified atom stereocenters. The second kappa shape index (κ2) is 8.86. The first-order valence-corrected chi connectivity index (χ1v) is 10.5. The van der Waals surface area contributed by atoms with Gasteiger partial charge in [0.15, 0.2) is 11.5 Å². The highest BCUT2D eigenvalue weighted by molar-refractivity contribution is 5.78. The molecule has 0 atom stereocenters. The van der Waals surface area contributed by atoms with Gasteiger partial charge in [0.05, 0.1) is 6.54 Å². The number of fused-ring (bicyclic) bond motifs is 1. The summed E-state index contributed by atoms with van der Waals surface area (Å²) in [6, 6.07) is 5.77. The van der Waals surface area contributed by atoms with Crippen LogP contribution in [0.5, 0.6) is 11.5 Å². The van der Waals surface area contributed by atoms with Crippen LogP contribution in [0.25, 0.3) is 0 Å². The van der Waals surface area contributed by atoms with Crippen LogP contribution in [0.1, 0.15) is 44.0 Å². The predicted molar refractivity (Wildman–Crippen MR) is 110 cm³/mol. The van der Waals surface area contributed by atoms with Crippen LogP contribution in [0.4, 0.5) is 0 Å². The summed E-state index contributed by atoms with van der Waals surface area (Å²) in [5, 5.41) is 3.02. The molecule has 1 fully saturated rings. The second-order valence-corrected chi connectivity index (χ2v) is 8.28. The van der Waals surface area contributed by atoms with Gasteiger partial charge in [-0.15, -0.1) is 0 Å². The predicted octanol–water partition coefficient (Wildman–Crippen LogP) is 2.76. The van der Waals surface area contributed by atoms with Crippen molar-refractivity contribution in [3.63, 3.8) is 0 Å². The summed E-state index contributed by atoms with van der Waals surface area (Å²) in [6.45, 7) is 8.55. The number of likely N-dealkylation sites (tertiary alicyclic amines) is 1. The lowest BCUT2D eigenvalue weighted by atomic mass is 9.96. The minimum atomic E-state index is 0.0674. The summed E-state index contributed by atoms with van der Waals surface area (Å²) in [4.78, 5) is 19.1. The van der Waals surface area contributed by atoms with E-state index in [-0.39, 0.29) is 12.7 Å². The summed E-state index contributed by atoms with van der Waals surface area (Å²) in [7, 11) is 0. The van der Waals surface area contributed by atoms with Crippen molar-refractivity contribution in [2.75, 3.05) is 26.4 Å². The number of hydrogen-bond acceptors (Lipinski definition) is 5. The summed E-state index contributed by atoms with van der Waals surface area (Å²) in [5.74, 6) is 3.83. The van der Waals surface area contributed by atoms with Crippen LogP contribution in [0, 0.1) is 5.92 Å². The number of aromatic nitrogens is 2. The molecule has 7 heteroatoms. The van der Waals surface area contributed by atoms with Crippen molar-refractivity contribution in [2.45, 2.75) is 45.7 Å². The molecule has 1 aromatic carbocycles. The highest BCUT2D eigenvalue weighted by Gasteiger charge is 2.22. The molecule has 0 aliphatic carbocycles. The van der Waals surface area contributed by atoms with Crippen molar-refractivity contribution in [1.29, 1.82) is 0 Å². The standard InChI is InChI=1S/C22H30N4O3/c1-16(2)22-23-7-10-26(22)13-17-5-8-25(9-6-17)14-21(27)24-12-18-3-4-19-20(11-18)29-15-28-19/h3-4,7,10-11,16-17H,5-6,8-9,12-15H2,1-2H3,(H,24,27). The molecule has 2 aliphatic rings. The van der Waals surface area contributed by atoms with Crippen molar-refractivity contribution in [3.8, 4) is 11.5 Å². The zero-order valence-electron chi connectivity index (χ0n) is 17.3.